The Labute approximate surface area is 332 Å². The zero-order valence-corrected chi connectivity index (χ0v) is 31.9. The fourth-order valence-electron chi connectivity index (χ4n) is 9.00. The molecule has 270 valence electrons. The number of furan rings is 1. The van der Waals surface area contributed by atoms with Crippen molar-refractivity contribution in [2.45, 2.75) is 19.3 Å². The Balaban J connectivity index is 0.995. The van der Waals surface area contributed by atoms with Crippen LogP contribution >= 0.6 is 0 Å². The third-order valence-electron chi connectivity index (χ3n) is 12.1. The zero-order chi connectivity index (χ0) is 38.1. The van der Waals surface area contributed by atoms with Gasteiger partial charge in [0.15, 0.2) is 0 Å². The van der Waals surface area contributed by atoms with Gasteiger partial charge in [0.25, 0.3) is 0 Å². The van der Waals surface area contributed by atoms with E-state index in [-0.39, 0.29) is 5.41 Å². The number of rotatable bonds is 6. The first-order valence-electron chi connectivity index (χ1n) is 19.7. The largest absolute Gasteiger partial charge is 0.456 e. The molecule has 2 heteroatoms. The van der Waals surface area contributed by atoms with Crippen molar-refractivity contribution < 1.29 is 4.42 Å². The van der Waals surface area contributed by atoms with Crippen LogP contribution in [0, 0.1) is 0 Å². The van der Waals surface area contributed by atoms with Gasteiger partial charge in [0.2, 0.25) is 0 Å². The van der Waals surface area contributed by atoms with Crippen molar-refractivity contribution in [2.75, 3.05) is 4.90 Å². The van der Waals surface area contributed by atoms with Gasteiger partial charge in [-0.3, -0.25) is 0 Å². The maximum absolute atomic E-state index is 6.25. The smallest absolute Gasteiger partial charge is 0.136 e. The maximum Gasteiger partial charge on any atom is 0.136 e. The normalized spacial score (nSPS) is 12.9. The number of fused-ring (bicyclic) bond motifs is 7. The molecule has 0 radical (unpaired) electrons. The predicted molar refractivity (Wildman–Crippen MR) is 240 cm³/mol. The summed E-state index contributed by atoms with van der Waals surface area (Å²) >= 11 is 0. The van der Waals surface area contributed by atoms with Gasteiger partial charge in [-0.2, -0.15) is 0 Å². The van der Waals surface area contributed by atoms with Crippen molar-refractivity contribution in [1.82, 2.24) is 0 Å². The van der Waals surface area contributed by atoms with Crippen LogP contribution in [0.3, 0.4) is 0 Å². The van der Waals surface area contributed by atoms with E-state index < -0.39 is 0 Å². The van der Waals surface area contributed by atoms with E-state index in [0.717, 1.165) is 50.1 Å². The Morgan fingerprint density at radius 1 is 0.351 bits per heavy atom. The van der Waals surface area contributed by atoms with Gasteiger partial charge in [-0.1, -0.05) is 147 Å². The fraction of sp³-hybridized carbons (Fsp3) is 0.0545. The average molecular weight is 730 g/mol. The van der Waals surface area contributed by atoms with Crippen LogP contribution in [-0.2, 0) is 5.41 Å². The van der Waals surface area contributed by atoms with Crippen molar-refractivity contribution in [3.05, 3.63) is 211 Å². The van der Waals surface area contributed by atoms with Crippen LogP contribution in [0.25, 0.3) is 77.2 Å². The summed E-state index contributed by atoms with van der Waals surface area (Å²) in [5.74, 6) is 0. The minimum absolute atomic E-state index is 0.170. The van der Waals surface area contributed by atoms with Crippen LogP contribution in [0.15, 0.2) is 205 Å². The second-order valence-electron chi connectivity index (χ2n) is 15.8. The first-order valence-corrected chi connectivity index (χ1v) is 19.7. The van der Waals surface area contributed by atoms with Crippen molar-refractivity contribution in [1.29, 1.82) is 0 Å². The molecule has 10 aromatic rings. The lowest BCUT2D eigenvalue weighted by Crippen LogP contribution is -2.16. The summed E-state index contributed by atoms with van der Waals surface area (Å²) in [6.45, 7) is 4.74. The highest BCUT2D eigenvalue weighted by Crippen LogP contribution is 2.52. The Morgan fingerprint density at radius 2 is 0.860 bits per heavy atom. The second kappa shape index (κ2) is 13.0. The molecule has 0 saturated heterocycles. The Bertz CT molecular complexity index is 3130. The lowest BCUT2D eigenvalue weighted by atomic mass is 9.81. The summed E-state index contributed by atoms with van der Waals surface area (Å²) in [7, 11) is 0. The number of anilines is 3. The van der Waals surface area contributed by atoms with E-state index in [9.17, 15) is 0 Å². The third kappa shape index (κ3) is 5.56. The highest BCUT2D eigenvalue weighted by molar-refractivity contribution is 6.06. The molecule has 1 aromatic heterocycles. The molecule has 0 atom stereocenters. The summed E-state index contributed by atoms with van der Waals surface area (Å²) in [5.41, 5.74) is 17.5. The summed E-state index contributed by atoms with van der Waals surface area (Å²) in [4.78, 5) is 2.39. The average Bonchev–Trinajstić information content (AvgIpc) is 3.75. The first kappa shape index (κ1) is 33.2. The molecule has 11 rings (SSSR count). The van der Waals surface area contributed by atoms with E-state index in [1.807, 2.05) is 12.1 Å². The summed E-state index contributed by atoms with van der Waals surface area (Å²) < 4.78 is 6.25. The highest BCUT2D eigenvalue weighted by atomic mass is 16.3. The van der Waals surface area contributed by atoms with E-state index >= 15 is 0 Å². The van der Waals surface area contributed by atoms with E-state index in [2.05, 4.69) is 207 Å². The van der Waals surface area contributed by atoms with Gasteiger partial charge in [0.1, 0.15) is 11.2 Å². The van der Waals surface area contributed by atoms with E-state index in [1.165, 1.54) is 55.3 Å². The van der Waals surface area contributed by atoms with Crippen LogP contribution < -0.4 is 4.90 Å². The molecule has 57 heavy (non-hydrogen) atoms. The SMILES string of the molecule is CC1(C)c2cc(-c3ccccc3)ccc2-c2ccc(N(c3ccc(-c4ccc5ccccc5c4)cc3)c3ccc(-c4ccc5c(c4)oc4ccccc45)cc3)cc21. The summed E-state index contributed by atoms with van der Waals surface area (Å²) in [6, 6.07) is 72.7. The second-order valence-corrected chi connectivity index (χ2v) is 15.8. The molecule has 0 aliphatic heterocycles. The van der Waals surface area contributed by atoms with Gasteiger partial charge in [-0.05, 0) is 133 Å². The van der Waals surface area contributed by atoms with Gasteiger partial charge >= 0.3 is 0 Å². The lowest BCUT2D eigenvalue weighted by molar-refractivity contribution is 0.660. The molecule has 2 nitrogen and oxygen atoms in total. The molecule has 1 aliphatic rings. The quantitative estimate of drug-likeness (QED) is 0.169. The molecule has 0 bridgehead atoms. The molecule has 0 spiro atoms. The molecule has 1 aliphatic carbocycles. The van der Waals surface area contributed by atoms with E-state index in [0.29, 0.717) is 0 Å². The van der Waals surface area contributed by atoms with Gasteiger partial charge in [-0.25, -0.2) is 0 Å². The van der Waals surface area contributed by atoms with Crippen molar-refractivity contribution in [3.8, 4) is 44.5 Å². The molecular weight excluding hydrogens is 691 g/mol. The fourth-order valence-corrected chi connectivity index (χ4v) is 9.00. The van der Waals surface area contributed by atoms with Crippen LogP contribution in [0.5, 0.6) is 0 Å². The molecule has 9 aromatic carbocycles. The molecule has 0 fully saturated rings. The minimum atomic E-state index is -0.170. The van der Waals surface area contributed by atoms with Crippen LogP contribution in [0.2, 0.25) is 0 Å². The number of hydrogen-bond donors (Lipinski definition) is 0. The summed E-state index contributed by atoms with van der Waals surface area (Å²) in [5, 5.41) is 4.79. The molecule has 0 saturated carbocycles. The van der Waals surface area contributed by atoms with Gasteiger partial charge < -0.3 is 9.32 Å². The highest BCUT2D eigenvalue weighted by Gasteiger charge is 2.36. The topological polar surface area (TPSA) is 16.4 Å². The zero-order valence-electron chi connectivity index (χ0n) is 31.9. The standard InChI is InChI=1S/C55H39NO/c1-55(2)51-33-42(36-10-4-3-5-11-36)22-29-47(51)48-31-28-46(35-52(48)55)56(44-24-18-38(19-25-44)41-17-16-37-12-6-7-13-40(37)32-41)45-26-20-39(21-27-45)43-23-30-50-49-14-8-9-15-53(49)57-54(50)34-43/h3-35H,1-2H3. The van der Waals surface area contributed by atoms with Crippen LogP contribution in [0.4, 0.5) is 17.1 Å². The third-order valence-corrected chi connectivity index (χ3v) is 12.1. The number of benzene rings is 9. The number of para-hydroxylation sites is 1. The Hall–Kier alpha value is -7.16. The number of nitrogens with zero attached hydrogens (tertiary/aromatic N) is 1. The minimum Gasteiger partial charge on any atom is -0.456 e. The predicted octanol–water partition coefficient (Wildman–Crippen LogP) is 15.5. The Kier molecular flexibility index (Phi) is 7.55. The van der Waals surface area contributed by atoms with E-state index in [4.69, 9.17) is 4.42 Å². The Morgan fingerprint density at radius 3 is 1.61 bits per heavy atom. The summed E-state index contributed by atoms with van der Waals surface area (Å²) in [6.07, 6.45) is 0. The molecule has 0 N–H and O–H groups in total. The van der Waals surface area contributed by atoms with Gasteiger partial charge in [-0.15, -0.1) is 0 Å². The van der Waals surface area contributed by atoms with Crippen molar-refractivity contribution >= 4 is 49.8 Å². The maximum atomic E-state index is 6.25. The van der Waals surface area contributed by atoms with Crippen molar-refractivity contribution in [3.63, 3.8) is 0 Å². The molecule has 0 unspecified atom stereocenters. The van der Waals surface area contributed by atoms with Gasteiger partial charge in [0.05, 0.1) is 0 Å². The van der Waals surface area contributed by atoms with E-state index in [1.54, 1.807) is 0 Å². The monoisotopic (exact) mass is 729 g/mol. The van der Waals surface area contributed by atoms with Crippen LogP contribution in [-0.4, -0.2) is 0 Å². The first-order chi connectivity index (χ1) is 28.0. The van der Waals surface area contributed by atoms with Crippen molar-refractivity contribution in [2.24, 2.45) is 0 Å². The lowest BCUT2D eigenvalue weighted by Gasteiger charge is -2.28. The molecule has 0 amide bonds. The molecular formula is C55H39NO. The van der Waals surface area contributed by atoms with Gasteiger partial charge in [0, 0.05) is 33.2 Å². The number of hydrogen-bond acceptors (Lipinski definition) is 2. The molecule has 1 heterocycles. The van der Waals surface area contributed by atoms with Crippen LogP contribution in [0.1, 0.15) is 25.0 Å².